The van der Waals surface area contributed by atoms with Gasteiger partial charge in [0.05, 0.1) is 0 Å². The molecule has 0 N–H and O–H groups in total. The number of benzene rings is 1. The van der Waals surface area contributed by atoms with Gasteiger partial charge in [-0.3, -0.25) is 0 Å². The van der Waals surface area contributed by atoms with E-state index in [1.807, 2.05) is 12.1 Å². The first-order chi connectivity index (χ1) is 11.8. The van der Waals surface area contributed by atoms with Crippen LogP contribution in [0.25, 0.3) is 6.08 Å². The maximum Gasteiger partial charge on any atom is 0.231 e. The molecule has 24 heavy (non-hydrogen) atoms. The van der Waals surface area contributed by atoms with Crippen molar-refractivity contribution in [2.45, 2.75) is 71.1 Å². The van der Waals surface area contributed by atoms with Crippen molar-refractivity contribution in [2.24, 2.45) is 0 Å². The lowest BCUT2D eigenvalue weighted by atomic mass is 10.1. The SMILES string of the molecule is CC(=O)CCCCCCCCCCC=Cc1ccc2c(c1)OCO2. The summed E-state index contributed by atoms with van der Waals surface area (Å²) in [6.45, 7) is 2.01. The highest BCUT2D eigenvalue weighted by Gasteiger charge is 2.11. The molecule has 2 rings (SSSR count). The van der Waals surface area contributed by atoms with Crippen LogP contribution < -0.4 is 9.47 Å². The van der Waals surface area contributed by atoms with Gasteiger partial charge in [-0.05, 0) is 43.9 Å². The summed E-state index contributed by atoms with van der Waals surface area (Å²) in [4.78, 5) is 10.8. The van der Waals surface area contributed by atoms with Gasteiger partial charge < -0.3 is 14.3 Å². The Bertz CT molecular complexity index is 534. The molecule has 0 saturated heterocycles. The van der Waals surface area contributed by atoms with Gasteiger partial charge in [0.1, 0.15) is 5.78 Å². The molecular weight excluding hydrogens is 300 g/mol. The van der Waals surface area contributed by atoms with Crippen LogP contribution in [-0.2, 0) is 4.79 Å². The number of carbonyl (C=O) groups is 1. The van der Waals surface area contributed by atoms with Gasteiger partial charge in [0, 0.05) is 6.42 Å². The Morgan fingerprint density at radius 1 is 0.958 bits per heavy atom. The van der Waals surface area contributed by atoms with E-state index in [0.717, 1.165) is 30.8 Å². The molecule has 0 bridgehead atoms. The second-order valence-corrected chi connectivity index (χ2v) is 6.58. The fraction of sp³-hybridized carbons (Fsp3) is 0.571. The van der Waals surface area contributed by atoms with Crippen LogP contribution in [0.15, 0.2) is 24.3 Å². The van der Waals surface area contributed by atoms with Gasteiger partial charge in [-0.1, -0.05) is 56.7 Å². The minimum absolute atomic E-state index is 0.323. The Balaban J connectivity index is 1.44. The Hall–Kier alpha value is -1.77. The topological polar surface area (TPSA) is 35.5 Å². The average molecular weight is 330 g/mol. The lowest BCUT2D eigenvalue weighted by Gasteiger charge is -2.01. The first-order valence-electron chi connectivity index (χ1n) is 9.31. The van der Waals surface area contributed by atoms with Crippen LogP contribution in [0, 0.1) is 0 Å². The molecule has 1 aliphatic rings. The summed E-state index contributed by atoms with van der Waals surface area (Å²) in [5, 5.41) is 0. The van der Waals surface area contributed by atoms with Gasteiger partial charge >= 0.3 is 0 Å². The van der Waals surface area contributed by atoms with E-state index in [0.29, 0.717) is 12.6 Å². The summed E-state index contributed by atoms with van der Waals surface area (Å²) >= 11 is 0. The standard InChI is InChI=1S/C21H30O3/c1-18(22)12-10-8-6-4-2-3-5-7-9-11-13-19-14-15-20-21(16-19)24-17-23-20/h11,13-16H,2-10,12,17H2,1H3. The number of Topliss-reactive ketones (excluding diaryl/α,β-unsaturated/α-hetero) is 1. The van der Waals surface area contributed by atoms with Crippen molar-refractivity contribution in [3.8, 4) is 11.5 Å². The van der Waals surface area contributed by atoms with Crippen LogP contribution in [0.2, 0.25) is 0 Å². The molecule has 1 aliphatic heterocycles. The van der Waals surface area contributed by atoms with Gasteiger partial charge in [-0.2, -0.15) is 0 Å². The number of ketones is 1. The molecule has 1 heterocycles. The molecule has 3 heteroatoms. The zero-order valence-electron chi connectivity index (χ0n) is 14.9. The van der Waals surface area contributed by atoms with Gasteiger partial charge in [0.2, 0.25) is 6.79 Å². The number of fused-ring (bicyclic) bond motifs is 1. The highest BCUT2D eigenvalue weighted by atomic mass is 16.7. The third-order valence-corrected chi connectivity index (χ3v) is 4.36. The largest absolute Gasteiger partial charge is 0.454 e. The van der Waals surface area contributed by atoms with E-state index in [2.05, 4.69) is 18.2 Å². The number of rotatable bonds is 12. The average Bonchev–Trinajstić information content (AvgIpc) is 3.03. The lowest BCUT2D eigenvalue weighted by Crippen LogP contribution is -1.92. The Morgan fingerprint density at radius 3 is 2.38 bits per heavy atom. The van der Waals surface area contributed by atoms with Crippen LogP contribution >= 0.6 is 0 Å². The minimum atomic E-state index is 0.323. The summed E-state index contributed by atoms with van der Waals surface area (Å²) in [5.41, 5.74) is 1.17. The normalized spacial score (nSPS) is 12.9. The van der Waals surface area contributed by atoms with Gasteiger partial charge in [-0.15, -0.1) is 0 Å². The first kappa shape index (κ1) is 18.6. The lowest BCUT2D eigenvalue weighted by molar-refractivity contribution is -0.117. The number of hydrogen-bond donors (Lipinski definition) is 0. The molecule has 3 nitrogen and oxygen atoms in total. The summed E-state index contributed by atoms with van der Waals surface area (Å²) < 4.78 is 10.7. The Kier molecular flexibility index (Phi) is 8.43. The van der Waals surface area contributed by atoms with Crippen molar-refractivity contribution in [1.29, 1.82) is 0 Å². The zero-order valence-corrected chi connectivity index (χ0v) is 14.9. The van der Waals surface area contributed by atoms with E-state index < -0.39 is 0 Å². The summed E-state index contributed by atoms with van der Waals surface area (Å²) in [6, 6.07) is 6.07. The molecule has 0 aromatic heterocycles. The molecule has 0 saturated carbocycles. The molecule has 132 valence electrons. The van der Waals surface area contributed by atoms with Crippen molar-refractivity contribution >= 4 is 11.9 Å². The van der Waals surface area contributed by atoms with E-state index >= 15 is 0 Å². The molecule has 0 radical (unpaired) electrons. The van der Waals surface area contributed by atoms with Crippen LogP contribution in [0.3, 0.4) is 0 Å². The zero-order chi connectivity index (χ0) is 17.0. The third kappa shape index (κ3) is 7.20. The maximum absolute atomic E-state index is 10.8. The van der Waals surface area contributed by atoms with Gasteiger partial charge in [0.25, 0.3) is 0 Å². The monoisotopic (exact) mass is 330 g/mol. The maximum atomic E-state index is 10.8. The van der Waals surface area contributed by atoms with E-state index in [1.54, 1.807) is 6.92 Å². The van der Waals surface area contributed by atoms with E-state index in [4.69, 9.17) is 9.47 Å². The van der Waals surface area contributed by atoms with Crippen molar-refractivity contribution in [1.82, 2.24) is 0 Å². The molecule has 0 aliphatic carbocycles. The van der Waals surface area contributed by atoms with Crippen molar-refractivity contribution in [3.63, 3.8) is 0 Å². The molecular formula is C21H30O3. The Morgan fingerprint density at radius 2 is 1.62 bits per heavy atom. The number of allylic oxidation sites excluding steroid dienone is 1. The fourth-order valence-electron chi connectivity index (χ4n) is 2.93. The predicted octanol–water partition coefficient (Wildman–Crippen LogP) is 5.92. The number of unbranched alkanes of at least 4 members (excludes halogenated alkanes) is 8. The smallest absolute Gasteiger partial charge is 0.231 e. The fourth-order valence-corrected chi connectivity index (χ4v) is 2.93. The first-order valence-corrected chi connectivity index (χ1v) is 9.31. The molecule has 0 fully saturated rings. The predicted molar refractivity (Wildman–Crippen MR) is 98.5 cm³/mol. The summed E-state index contributed by atoms with van der Waals surface area (Å²) in [7, 11) is 0. The van der Waals surface area contributed by atoms with Crippen LogP contribution in [-0.4, -0.2) is 12.6 Å². The second kappa shape index (κ2) is 10.9. The quantitative estimate of drug-likeness (QED) is 0.446. The highest BCUT2D eigenvalue weighted by molar-refractivity contribution is 5.75. The van der Waals surface area contributed by atoms with E-state index in [-0.39, 0.29) is 0 Å². The second-order valence-electron chi connectivity index (χ2n) is 6.58. The van der Waals surface area contributed by atoms with E-state index in [1.165, 1.54) is 50.5 Å². The minimum Gasteiger partial charge on any atom is -0.454 e. The summed E-state index contributed by atoms with van der Waals surface area (Å²) in [5.74, 6) is 2.01. The molecule has 0 atom stereocenters. The van der Waals surface area contributed by atoms with Crippen molar-refractivity contribution in [2.75, 3.05) is 6.79 Å². The molecule has 1 aromatic carbocycles. The van der Waals surface area contributed by atoms with Gasteiger partial charge in [0.15, 0.2) is 11.5 Å². The molecule has 0 amide bonds. The molecule has 1 aromatic rings. The van der Waals surface area contributed by atoms with E-state index in [9.17, 15) is 4.79 Å². The summed E-state index contributed by atoms with van der Waals surface area (Å²) in [6.07, 6.45) is 16.4. The van der Waals surface area contributed by atoms with Crippen molar-refractivity contribution in [3.05, 3.63) is 29.8 Å². The van der Waals surface area contributed by atoms with Crippen molar-refractivity contribution < 1.29 is 14.3 Å². The molecule has 0 unspecified atom stereocenters. The Labute approximate surface area is 146 Å². The number of hydrogen-bond acceptors (Lipinski definition) is 3. The van der Waals surface area contributed by atoms with Crippen LogP contribution in [0.4, 0.5) is 0 Å². The third-order valence-electron chi connectivity index (χ3n) is 4.36. The highest BCUT2D eigenvalue weighted by Crippen LogP contribution is 2.32. The van der Waals surface area contributed by atoms with Crippen LogP contribution in [0.5, 0.6) is 11.5 Å². The number of carbonyl (C=O) groups excluding carboxylic acids is 1. The molecule has 0 spiro atoms. The van der Waals surface area contributed by atoms with Crippen LogP contribution in [0.1, 0.15) is 76.7 Å². The number of ether oxygens (including phenoxy) is 2. The van der Waals surface area contributed by atoms with Gasteiger partial charge in [-0.25, -0.2) is 0 Å².